The van der Waals surface area contributed by atoms with Crippen molar-refractivity contribution in [2.75, 3.05) is 17.7 Å². The fourth-order valence-corrected chi connectivity index (χ4v) is 2.76. The smallest absolute Gasteiger partial charge is 0.322 e. The molecule has 0 aliphatic carbocycles. The summed E-state index contributed by atoms with van der Waals surface area (Å²) in [6.07, 6.45) is 4.40. The Balaban J connectivity index is 1.39. The molecule has 0 fully saturated rings. The van der Waals surface area contributed by atoms with Crippen LogP contribution in [0.3, 0.4) is 0 Å². The van der Waals surface area contributed by atoms with Gasteiger partial charge in [-0.3, -0.25) is 14.9 Å². The molecule has 0 spiro atoms. The number of nitrogens with zero attached hydrogens (tertiary/aromatic N) is 2. The van der Waals surface area contributed by atoms with Gasteiger partial charge in [-0.25, -0.2) is 0 Å². The molecule has 160 valence electrons. The lowest BCUT2D eigenvalue weighted by atomic mass is 10.2. The van der Waals surface area contributed by atoms with Gasteiger partial charge in [0.05, 0.1) is 13.4 Å². The Bertz CT molecular complexity index is 1240. The number of carbonyl (C=O) groups excluding carboxylic acids is 2. The van der Waals surface area contributed by atoms with Gasteiger partial charge in [-0.05, 0) is 60.7 Å². The van der Waals surface area contributed by atoms with E-state index in [2.05, 4.69) is 20.8 Å². The first kappa shape index (κ1) is 20.6. The molecule has 0 aliphatic rings. The molecule has 32 heavy (non-hydrogen) atoms. The fourth-order valence-electron chi connectivity index (χ4n) is 2.76. The van der Waals surface area contributed by atoms with Crippen LogP contribution in [0.2, 0.25) is 0 Å². The number of hydrogen-bond acceptors (Lipinski definition) is 7. The Morgan fingerprint density at radius 2 is 1.84 bits per heavy atom. The second-order valence-corrected chi connectivity index (χ2v) is 6.51. The van der Waals surface area contributed by atoms with Gasteiger partial charge >= 0.3 is 6.01 Å². The van der Waals surface area contributed by atoms with Gasteiger partial charge in [-0.15, -0.1) is 5.10 Å². The van der Waals surface area contributed by atoms with Crippen LogP contribution in [0.25, 0.3) is 17.5 Å². The molecule has 0 radical (unpaired) electrons. The van der Waals surface area contributed by atoms with E-state index >= 15 is 0 Å². The number of furan rings is 1. The molecular weight excluding hydrogens is 412 g/mol. The van der Waals surface area contributed by atoms with Gasteiger partial charge in [-0.1, -0.05) is 11.2 Å². The lowest BCUT2D eigenvalue weighted by Gasteiger charge is -2.05. The minimum absolute atomic E-state index is 0.0448. The molecule has 4 aromatic rings. The van der Waals surface area contributed by atoms with Crippen molar-refractivity contribution in [3.63, 3.8) is 0 Å². The number of nitrogens with one attached hydrogen (secondary N) is 2. The summed E-state index contributed by atoms with van der Waals surface area (Å²) in [5.41, 5.74) is 1.45. The van der Waals surface area contributed by atoms with Crippen LogP contribution in [0.15, 0.2) is 81.8 Å². The van der Waals surface area contributed by atoms with E-state index in [0.717, 1.165) is 0 Å². The highest BCUT2D eigenvalue weighted by molar-refractivity contribution is 6.05. The number of benzene rings is 2. The molecule has 2 aromatic heterocycles. The maximum absolute atomic E-state index is 12.6. The number of methoxy groups -OCH3 is 1. The van der Waals surface area contributed by atoms with Crippen molar-refractivity contribution in [2.45, 2.75) is 0 Å². The minimum atomic E-state index is -0.461. The van der Waals surface area contributed by atoms with Crippen molar-refractivity contribution < 1.29 is 23.2 Å². The summed E-state index contributed by atoms with van der Waals surface area (Å²) in [6.45, 7) is 0. The molecule has 0 saturated carbocycles. The predicted octanol–water partition coefficient (Wildman–Crippen LogP) is 4.24. The quantitative estimate of drug-likeness (QED) is 0.421. The summed E-state index contributed by atoms with van der Waals surface area (Å²) >= 11 is 0. The van der Waals surface area contributed by atoms with Gasteiger partial charge in [0.25, 0.3) is 5.91 Å². The predicted molar refractivity (Wildman–Crippen MR) is 117 cm³/mol. The van der Waals surface area contributed by atoms with E-state index < -0.39 is 5.91 Å². The van der Waals surface area contributed by atoms with Crippen molar-refractivity contribution in [1.29, 1.82) is 0 Å². The van der Waals surface area contributed by atoms with Crippen LogP contribution in [0, 0.1) is 0 Å². The number of amides is 2. The van der Waals surface area contributed by atoms with E-state index in [9.17, 15) is 9.59 Å². The number of ether oxygens (including phenoxy) is 1. The Labute approximate surface area is 182 Å². The van der Waals surface area contributed by atoms with Crippen molar-refractivity contribution in [1.82, 2.24) is 10.2 Å². The Morgan fingerprint density at radius 1 is 1.00 bits per heavy atom. The van der Waals surface area contributed by atoms with Crippen molar-refractivity contribution >= 4 is 29.6 Å². The van der Waals surface area contributed by atoms with Gasteiger partial charge in [0.1, 0.15) is 11.5 Å². The fraction of sp³-hybridized carbons (Fsp3) is 0.0435. The second-order valence-electron chi connectivity index (χ2n) is 6.51. The van der Waals surface area contributed by atoms with E-state index in [1.807, 2.05) is 0 Å². The van der Waals surface area contributed by atoms with Crippen LogP contribution < -0.4 is 15.4 Å². The van der Waals surface area contributed by atoms with Gasteiger partial charge in [0, 0.05) is 22.9 Å². The van der Waals surface area contributed by atoms with E-state index in [1.165, 1.54) is 18.4 Å². The van der Waals surface area contributed by atoms with Crippen LogP contribution in [0.4, 0.5) is 11.7 Å². The molecule has 2 N–H and O–H groups in total. The molecule has 9 nitrogen and oxygen atoms in total. The Hall–Kier alpha value is -4.66. The lowest BCUT2D eigenvalue weighted by molar-refractivity contribution is -0.111. The first-order valence-corrected chi connectivity index (χ1v) is 9.52. The monoisotopic (exact) mass is 430 g/mol. The summed E-state index contributed by atoms with van der Waals surface area (Å²) in [5.74, 6) is 0.691. The average molecular weight is 430 g/mol. The SMILES string of the molecule is COc1ccc(-c2nnc(NC(=O)c3cccc(NC(=O)/C=C/c4ccco4)c3)o2)cc1. The highest BCUT2D eigenvalue weighted by Crippen LogP contribution is 2.23. The van der Waals surface area contributed by atoms with E-state index in [0.29, 0.717) is 28.3 Å². The topological polar surface area (TPSA) is 119 Å². The zero-order valence-corrected chi connectivity index (χ0v) is 16.9. The lowest BCUT2D eigenvalue weighted by Crippen LogP contribution is -2.13. The summed E-state index contributed by atoms with van der Waals surface area (Å²) in [6, 6.07) is 16.9. The molecule has 0 aliphatic heterocycles. The van der Waals surface area contributed by atoms with Gasteiger partial charge in [0.15, 0.2) is 0 Å². The molecule has 2 aromatic carbocycles. The maximum Gasteiger partial charge on any atom is 0.322 e. The summed E-state index contributed by atoms with van der Waals surface area (Å²) in [5, 5.41) is 13.0. The highest BCUT2D eigenvalue weighted by atomic mass is 16.5. The first-order chi connectivity index (χ1) is 15.6. The summed E-state index contributed by atoms with van der Waals surface area (Å²) < 4.78 is 15.8. The number of anilines is 2. The Kier molecular flexibility index (Phi) is 6.08. The number of aromatic nitrogens is 2. The number of carbonyl (C=O) groups is 2. The molecule has 0 bridgehead atoms. The number of hydrogen-bond donors (Lipinski definition) is 2. The maximum atomic E-state index is 12.6. The average Bonchev–Trinajstić information content (AvgIpc) is 3.50. The molecule has 2 heterocycles. The molecule has 0 atom stereocenters. The van der Waals surface area contributed by atoms with E-state index in [4.69, 9.17) is 13.6 Å². The largest absolute Gasteiger partial charge is 0.497 e. The summed E-state index contributed by atoms with van der Waals surface area (Å²) in [4.78, 5) is 24.6. The van der Waals surface area contributed by atoms with E-state index in [-0.39, 0.29) is 17.8 Å². The van der Waals surface area contributed by atoms with Crippen LogP contribution >= 0.6 is 0 Å². The third-order valence-electron chi connectivity index (χ3n) is 4.32. The van der Waals surface area contributed by atoms with Crippen LogP contribution in [0.1, 0.15) is 16.1 Å². The van der Waals surface area contributed by atoms with E-state index in [1.54, 1.807) is 67.8 Å². The van der Waals surface area contributed by atoms with Crippen molar-refractivity contribution in [3.8, 4) is 17.2 Å². The standard InChI is InChI=1S/C23H18N4O5/c1-30-18-9-7-15(8-10-18)22-26-27-23(32-22)25-21(29)16-4-2-5-17(14-16)24-20(28)12-11-19-6-3-13-31-19/h2-14H,1H3,(H,24,28)(H,25,27,29)/b12-11+. The first-order valence-electron chi connectivity index (χ1n) is 9.52. The molecular formula is C23H18N4O5. The third-order valence-corrected chi connectivity index (χ3v) is 4.32. The zero-order chi connectivity index (χ0) is 22.3. The highest BCUT2D eigenvalue weighted by Gasteiger charge is 2.13. The number of rotatable bonds is 7. The van der Waals surface area contributed by atoms with Crippen LogP contribution in [-0.4, -0.2) is 29.1 Å². The van der Waals surface area contributed by atoms with Gasteiger partial charge in [0.2, 0.25) is 11.8 Å². The van der Waals surface area contributed by atoms with Gasteiger partial charge < -0.3 is 18.9 Å². The Morgan fingerprint density at radius 3 is 2.59 bits per heavy atom. The zero-order valence-electron chi connectivity index (χ0n) is 16.9. The molecule has 4 rings (SSSR count). The minimum Gasteiger partial charge on any atom is -0.497 e. The molecule has 2 amide bonds. The van der Waals surface area contributed by atoms with Crippen molar-refractivity contribution in [2.24, 2.45) is 0 Å². The normalized spacial score (nSPS) is 10.8. The van der Waals surface area contributed by atoms with Crippen LogP contribution in [-0.2, 0) is 4.79 Å². The summed E-state index contributed by atoms with van der Waals surface area (Å²) in [7, 11) is 1.58. The molecule has 0 unspecified atom stereocenters. The van der Waals surface area contributed by atoms with Gasteiger partial charge in [-0.2, -0.15) is 0 Å². The molecule has 9 heteroatoms. The second kappa shape index (κ2) is 9.43. The molecule has 0 saturated heterocycles. The van der Waals surface area contributed by atoms with Crippen molar-refractivity contribution in [3.05, 3.63) is 84.3 Å². The van der Waals surface area contributed by atoms with Crippen LogP contribution in [0.5, 0.6) is 5.75 Å². The third kappa shape index (κ3) is 5.08.